The van der Waals surface area contributed by atoms with Gasteiger partial charge in [0.2, 0.25) is 11.1 Å². The Hall–Kier alpha value is -3.63. The van der Waals surface area contributed by atoms with E-state index in [1.165, 1.54) is 27.8 Å². The molecule has 2 aromatic carbocycles. The van der Waals surface area contributed by atoms with Crippen molar-refractivity contribution in [2.75, 3.05) is 22.2 Å². The minimum Gasteiger partial charge on any atom is -0.335 e. The third-order valence-electron chi connectivity index (χ3n) is 4.46. The molecule has 2 aromatic heterocycles. The normalized spacial score (nSPS) is 10.7. The van der Waals surface area contributed by atoms with Crippen LogP contribution in [0.1, 0.15) is 15.9 Å². The van der Waals surface area contributed by atoms with Crippen molar-refractivity contribution in [1.82, 2.24) is 14.9 Å². The Labute approximate surface area is 192 Å². The van der Waals surface area contributed by atoms with Crippen molar-refractivity contribution >= 4 is 46.3 Å². The van der Waals surface area contributed by atoms with E-state index < -0.39 is 0 Å². The third-order valence-corrected chi connectivity index (χ3v) is 6.27. The van der Waals surface area contributed by atoms with Gasteiger partial charge in [-0.05, 0) is 48.2 Å². The molecule has 10 heteroatoms. The number of thiophene rings is 1. The second-order valence-electron chi connectivity index (χ2n) is 6.86. The maximum atomic E-state index is 12.8. The molecular formula is C22H20N6O2S2. The van der Waals surface area contributed by atoms with Gasteiger partial charge in [0.05, 0.1) is 21.9 Å². The Morgan fingerprint density at radius 2 is 1.91 bits per heavy atom. The summed E-state index contributed by atoms with van der Waals surface area (Å²) >= 11 is 2.67. The lowest BCUT2D eigenvalue weighted by atomic mass is 10.1. The van der Waals surface area contributed by atoms with Crippen LogP contribution < -0.4 is 16.5 Å². The summed E-state index contributed by atoms with van der Waals surface area (Å²) in [5, 5.41) is 16.2. The van der Waals surface area contributed by atoms with E-state index in [1.807, 2.05) is 48.7 Å². The van der Waals surface area contributed by atoms with Gasteiger partial charge < -0.3 is 16.5 Å². The quantitative estimate of drug-likeness (QED) is 0.281. The molecule has 0 aliphatic heterocycles. The molecule has 0 aliphatic rings. The van der Waals surface area contributed by atoms with Crippen LogP contribution in [0.5, 0.6) is 0 Å². The van der Waals surface area contributed by atoms with Crippen molar-refractivity contribution in [2.24, 2.45) is 0 Å². The number of aryl methyl sites for hydroxylation is 1. The lowest BCUT2D eigenvalue weighted by molar-refractivity contribution is -0.113. The topological polar surface area (TPSA) is 115 Å². The van der Waals surface area contributed by atoms with Crippen LogP contribution in [-0.2, 0) is 4.79 Å². The predicted octanol–water partition coefficient (Wildman–Crippen LogP) is 4.01. The highest BCUT2D eigenvalue weighted by atomic mass is 32.2. The highest BCUT2D eigenvalue weighted by Gasteiger charge is 2.16. The van der Waals surface area contributed by atoms with E-state index in [0.717, 1.165) is 10.4 Å². The molecule has 0 aliphatic carbocycles. The summed E-state index contributed by atoms with van der Waals surface area (Å²) in [6.45, 7) is 1.95. The molecule has 0 radical (unpaired) electrons. The van der Waals surface area contributed by atoms with Crippen LogP contribution in [0.3, 0.4) is 0 Å². The zero-order valence-electron chi connectivity index (χ0n) is 17.1. The number of thioether (sulfide) groups is 1. The highest BCUT2D eigenvalue weighted by molar-refractivity contribution is 7.99. The standard InChI is InChI=1S/C22H20N6O2S2/c1-14-6-4-7-15(12-14)24-21(30)16-8-2-3-9-17(16)25-19(29)13-32-22-27-26-20(28(22)23)18-10-5-11-31-18/h2-12H,13,23H2,1H3,(H,24,30)(H,25,29). The Morgan fingerprint density at radius 1 is 1.06 bits per heavy atom. The molecule has 0 saturated heterocycles. The van der Waals surface area contributed by atoms with E-state index in [-0.39, 0.29) is 17.6 Å². The third kappa shape index (κ3) is 4.98. The first-order valence-corrected chi connectivity index (χ1v) is 11.5. The summed E-state index contributed by atoms with van der Waals surface area (Å²) in [5.74, 6) is 6.09. The van der Waals surface area contributed by atoms with Crippen LogP contribution in [0, 0.1) is 6.92 Å². The zero-order chi connectivity index (χ0) is 22.5. The number of anilines is 2. The number of benzene rings is 2. The zero-order valence-corrected chi connectivity index (χ0v) is 18.7. The van der Waals surface area contributed by atoms with Crippen molar-refractivity contribution < 1.29 is 9.59 Å². The second-order valence-corrected chi connectivity index (χ2v) is 8.75. The van der Waals surface area contributed by atoms with Crippen molar-refractivity contribution in [3.8, 4) is 10.7 Å². The number of carbonyl (C=O) groups is 2. The first-order chi connectivity index (χ1) is 15.5. The summed E-state index contributed by atoms with van der Waals surface area (Å²) in [5.41, 5.74) is 2.53. The van der Waals surface area contributed by atoms with Gasteiger partial charge in [-0.25, -0.2) is 4.68 Å². The van der Waals surface area contributed by atoms with Crippen LogP contribution in [-0.4, -0.2) is 32.4 Å². The van der Waals surface area contributed by atoms with Crippen LogP contribution in [0.15, 0.2) is 71.2 Å². The smallest absolute Gasteiger partial charge is 0.257 e. The van der Waals surface area contributed by atoms with Gasteiger partial charge in [-0.15, -0.1) is 21.5 Å². The Kier molecular flexibility index (Phi) is 6.52. The van der Waals surface area contributed by atoms with Gasteiger partial charge in [-0.1, -0.05) is 42.1 Å². The van der Waals surface area contributed by atoms with Gasteiger partial charge in [-0.2, -0.15) is 0 Å². The van der Waals surface area contributed by atoms with E-state index in [4.69, 9.17) is 5.84 Å². The number of nitrogen functional groups attached to an aromatic ring is 1. The number of hydrogen-bond acceptors (Lipinski definition) is 7. The Bertz CT molecular complexity index is 1250. The van der Waals surface area contributed by atoms with Crippen molar-refractivity contribution in [2.45, 2.75) is 12.1 Å². The summed E-state index contributed by atoms with van der Waals surface area (Å²) in [7, 11) is 0. The molecule has 8 nitrogen and oxygen atoms in total. The molecule has 0 spiro atoms. The fourth-order valence-electron chi connectivity index (χ4n) is 2.98. The predicted molar refractivity (Wildman–Crippen MR) is 128 cm³/mol. The van der Waals surface area contributed by atoms with Crippen LogP contribution >= 0.6 is 23.1 Å². The molecule has 162 valence electrons. The molecule has 0 saturated carbocycles. The number of para-hydroxylation sites is 1. The van der Waals surface area contributed by atoms with E-state index in [1.54, 1.807) is 24.3 Å². The van der Waals surface area contributed by atoms with Crippen molar-refractivity contribution in [3.05, 3.63) is 77.2 Å². The molecule has 4 rings (SSSR count). The van der Waals surface area contributed by atoms with Crippen LogP contribution in [0.25, 0.3) is 10.7 Å². The minimum atomic E-state index is -0.304. The van der Waals surface area contributed by atoms with Gasteiger partial charge in [0.15, 0.2) is 5.82 Å². The summed E-state index contributed by atoms with van der Waals surface area (Å²) in [4.78, 5) is 26.2. The molecule has 32 heavy (non-hydrogen) atoms. The first-order valence-electron chi connectivity index (χ1n) is 9.65. The van der Waals surface area contributed by atoms with E-state index in [2.05, 4.69) is 20.8 Å². The molecule has 4 aromatic rings. The SMILES string of the molecule is Cc1cccc(NC(=O)c2ccccc2NC(=O)CSc2nnc(-c3cccs3)n2N)c1. The molecular weight excluding hydrogens is 444 g/mol. The van der Waals surface area contributed by atoms with Gasteiger partial charge in [0.25, 0.3) is 5.91 Å². The highest BCUT2D eigenvalue weighted by Crippen LogP contribution is 2.25. The second kappa shape index (κ2) is 9.67. The molecule has 0 fully saturated rings. The molecule has 4 N–H and O–H groups in total. The monoisotopic (exact) mass is 464 g/mol. The summed E-state index contributed by atoms with van der Waals surface area (Å²) in [6, 6.07) is 18.2. The maximum Gasteiger partial charge on any atom is 0.257 e. The largest absolute Gasteiger partial charge is 0.335 e. The van der Waals surface area contributed by atoms with Gasteiger partial charge >= 0.3 is 0 Å². The van der Waals surface area contributed by atoms with Gasteiger partial charge in [0.1, 0.15) is 0 Å². The van der Waals surface area contributed by atoms with Gasteiger partial charge in [-0.3, -0.25) is 9.59 Å². The molecule has 0 atom stereocenters. The number of rotatable bonds is 7. The number of aromatic nitrogens is 3. The van der Waals surface area contributed by atoms with Crippen LogP contribution in [0.2, 0.25) is 0 Å². The minimum absolute atomic E-state index is 0.0631. The first kappa shape index (κ1) is 21.6. The van der Waals surface area contributed by atoms with E-state index in [9.17, 15) is 9.59 Å². The van der Waals surface area contributed by atoms with E-state index >= 15 is 0 Å². The number of nitrogens with zero attached hydrogens (tertiary/aromatic N) is 3. The number of hydrogen-bond donors (Lipinski definition) is 3. The average molecular weight is 465 g/mol. The Balaban J connectivity index is 1.40. The molecule has 2 amide bonds. The summed E-state index contributed by atoms with van der Waals surface area (Å²) in [6.07, 6.45) is 0. The van der Waals surface area contributed by atoms with Gasteiger partial charge in [0, 0.05) is 5.69 Å². The summed E-state index contributed by atoms with van der Waals surface area (Å²) < 4.78 is 1.37. The number of nitrogens with two attached hydrogens (primary N) is 1. The number of carbonyl (C=O) groups excluding carboxylic acids is 2. The fraction of sp³-hybridized carbons (Fsp3) is 0.0909. The van der Waals surface area contributed by atoms with Crippen molar-refractivity contribution in [1.29, 1.82) is 0 Å². The van der Waals surface area contributed by atoms with E-state index in [0.29, 0.717) is 27.9 Å². The fourth-order valence-corrected chi connectivity index (χ4v) is 4.34. The lowest BCUT2D eigenvalue weighted by Gasteiger charge is -2.11. The molecule has 2 heterocycles. The maximum absolute atomic E-state index is 12.8. The average Bonchev–Trinajstić information content (AvgIpc) is 3.42. The van der Waals surface area contributed by atoms with Crippen molar-refractivity contribution in [3.63, 3.8) is 0 Å². The molecule has 0 bridgehead atoms. The number of nitrogens with one attached hydrogen (secondary N) is 2. The van der Waals surface area contributed by atoms with Crippen LogP contribution in [0.4, 0.5) is 11.4 Å². The molecule has 0 unspecified atom stereocenters. The Morgan fingerprint density at radius 3 is 2.69 bits per heavy atom. The number of amides is 2. The lowest BCUT2D eigenvalue weighted by Crippen LogP contribution is -2.20.